The molecule has 2 aromatic heterocycles. The van der Waals surface area contributed by atoms with Crippen molar-refractivity contribution in [2.24, 2.45) is 0 Å². The lowest BCUT2D eigenvalue weighted by atomic mass is 10.2. The Morgan fingerprint density at radius 2 is 2.06 bits per heavy atom. The van der Waals surface area contributed by atoms with E-state index in [4.69, 9.17) is 9.47 Å². The highest BCUT2D eigenvalue weighted by atomic mass is 32.2. The van der Waals surface area contributed by atoms with Crippen molar-refractivity contribution in [1.29, 1.82) is 0 Å². The van der Waals surface area contributed by atoms with Crippen LogP contribution in [0.2, 0.25) is 0 Å². The summed E-state index contributed by atoms with van der Waals surface area (Å²) in [6, 6.07) is 12.9. The average Bonchev–Trinajstić information content (AvgIpc) is 3.47. The van der Waals surface area contributed by atoms with Crippen LogP contribution < -0.4 is 20.3 Å². The van der Waals surface area contributed by atoms with Crippen LogP contribution in [0.3, 0.4) is 0 Å². The summed E-state index contributed by atoms with van der Waals surface area (Å²) in [5.74, 6) is 1.65. The largest absolute Gasteiger partial charge is 0.454 e. The van der Waals surface area contributed by atoms with Crippen LogP contribution in [0.4, 0.5) is 0 Å². The molecule has 168 valence electrons. The Kier molecular flexibility index (Phi) is 5.51. The molecule has 0 spiro atoms. The summed E-state index contributed by atoms with van der Waals surface area (Å²) in [6.45, 7) is 6.42. The molecule has 0 radical (unpaired) electrons. The van der Waals surface area contributed by atoms with Gasteiger partial charge in [-0.15, -0.1) is 16.8 Å². The molecule has 2 aromatic carbocycles. The van der Waals surface area contributed by atoms with Crippen molar-refractivity contribution in [1.82, 2.24) is 24.5 Å². The van der Waals surface area contributed by atoms with E-state index < -0.39 is 5.25 Å². The molecule has 0 aliphatic carbocycles. The number of hydrogen-bond acceptors (Lipinski definition) is 7. The number of nitrogens with one attached hydrogen (secondary N) is 1. The molecule has 3 heterocycles. The number of carbonyl (C=O) groups excluding carboxylic acids is 1. The first-order valence-corrected chi connectivity index (χ1v) is 11.2. The predicted octanol–water partition coefficient (Wildman–Crippen LogP) is 2.76. The monoisotopic (exact) mass is 463 g/mol. The molecular formula is C23H21N5O4S. The highest BCUT2D eigenvalue weighted by Gasteiger charge is 2.21. The molecule has 10 heteroatoms. The van der Waals surface area contributed by atoms with E-state index >= 15 is 0 Å². The van der Waals surface area contributed by atoms with E-state index in [9.17, 15) is 9.59 Å². The fourth-order valence-electron chi connectivity index (χ4n) is 3.70. The van der Waals surface area contributed by atoms with Gasteiger partial charge in [0.2, 0.25) is 18.5 Å². The number of aromatic nitrogens is 4. The van der Waals surface area contributed by atoms with Crippen LogP contribution in [0.15, 0.2) is 65.1 Å². The molecule has 1 atom stereocenters. The average molecular weight is 464 g/mol. The zero-order valence-electron chi connectivity index (χ0n) is 17.9. The molecule has 0 bridgehead atoms. The minimum absolute atomic E-state index is 0.141. The van der Waals surface area contributed by atoms with Gasteiger partial charge in [0.1, 0.15) is 0 Å². The lowest BCUT2D eigenvalue weighted by molar-refractivity contribution is -0.120. The molecule has 4 aromatic rings. The van der Waals surface area contributed by atoms with Crippen molar-refractivity contribution in [2.75, 3.05) is 6.79 Å². The normalized spacial score (nSPS) is 13.4. The van der Waals surface area contributed by atoms with Crippen molar-refractivity contribution >= 4 is 34.3 Å². The molecule has 33 heavy (non-hydrogen) atoms. The standard InChI is InChI=1S/C23H21N5O4S/c1-3-10-27-21(30)16-6-4-5-7-17(16)28-22(27)25-26-23(28)33-14(2)20(29)24-12-15-8-9-18-19(11-15)32-13-31-18/h3-9,11,14H,1,10,12-13H2,2H3,(H,24,29). The topological polar surface area (TPSA) is 99.8 Å². The maximum absolute atomic E-state index is 12.9. The molecule has 1 unspecified atom stereocenters. The van der Waals surface area contributed by atoms with E-state index in [0.717, 1.165) is 5.56 Å². The van der Waals surface area contributed by atoms with Gasteiger partial charge < -0.3 is 14.8 Å². The summed E-state index contributed by atoms with van der Waals surface area (Å²) in [6.07, 6.45) is 1.64. The number of carbonyl (C=O) groups is 1. The van der Waals surface area contributed by atoms with Gasteiger partial charge in [-0.05, 0) is 36.8 Å². The van der Waals surface area contributed by atoms with Gasteiger partial charge in [0.25, 0.3) is 5.56 Å². The molecule has 1 aliphatic heterocycles. The number of para-hydroxylation sites is 1. The smallest absolute Gasteiger partial charge is 0.263 e. The van der Waals surface area contributed by atoms with Crippen molar-refractivity contribution in [3.05, 3.63) is 71.0 Å². The number of fused-ring (bicyclic) bond motifs is 4. The minimum atomic E-state index is -0.440. The maximum Gasteiger partial charge on any atom is 0.263 e. The molecule has 1 aliphatic rings. The second-order valence-electron chi connectivity index (χ2n) is 7.51. The lowest BCUT2D eigenvalue weighted by Gasteiger charge is -2.13. The molecule has 0 saturated carbocycles. The van der Waals surface area contributed by atoms with Crippen LogP contribution in [0, 0.1) is 0 Å². The minimum Gasteiger partial charge on any atom is -0.454 e. The van der Waals surface area contributed by atoms with Crippen LogP contribution in [0.5, 0.6) is 11.5 Å². The summed E-state index contributed by atoms with van der Waals surface area (Å²) in [5, 5.41) is 12.1. The summed E-state index contributed by atoms with van der Waals surface area (Å²) < 4.78 is 14.0. The predicted molar refractivity (Wildman–Crippen MR) is 125 cm³/mol. The number of nitrogens with zero attached hydrogens (tertiary/aromatic N) is 4. The van der Waals surface area contributed by atoms with E-state index in [2.05, 4.69) is 22.1 Å². The van der Waals surface area contributed by atoms with Crippen LogP contribution >= 0.6 is 11.8 Å². The van der Waals surface area contributed by atoms with E-state index in [0.29, 0.717) is 46.4 Å². The van der Waals surface area contributed by atoms with Crippen LogP contribution in [-0.4, -0.2) is 37.1 Å². The first-order valence-electron chi connectivity index (χ1n) is 10.4. The van der Waals surface area contributed by atoms with Gasteiger partial charge in [0.15, 0.2) is 16.7 Å². The summed E-state index contributed by atoms with van der Waals surface area (Å²) in [7, 11) is 0. The SMILES string of the molecule is C=CCn1c(=O)c2ccccc2n2c(SC(C)C(=O)NCc3ccc4c(c3)OCO4)nnc12. The molecule has 1 amide bonds. The first-order chi connectivity index (χ1) is 16.1. The number of benzene rings is 2. The molecule has 9 nitrogen and oxygen atoms in total. The molecular weight excluding hydrogens is 442 g/mol. The Balaban J connectivity index is 1.39. The van der Waals surface area contributed by atoms with Gasteiger partial charge in [-0.25, -0.2) is 0 Å². The van der Waals surface area contributed by atoms with Crippen LogP contribution in [0.1, 0.15) is 12.5 Å². The van der Waals surface area contributed by atoms with Crippen molar-refractivity contribution in [2.45, 2.75) is 30.4 Å². The first kappa shape index (κ1) is 21.1. The number of thioether (sulfide) groups is 1. The van der Waals surface area contributed by atoms with E-state index in [1.807, 2.05) is 47.7 Å². The molecule has 5 rings (SSSR count). The second-order valence-corrected chi connectivity index (χ2v) is 8.81. The molecule has 0 saturated heterocycles. The summed E-state index contributed by atoms with van der Waals surface area (Å²) >= 11 is 1.28. The number of allylic oxidation sites excluding steroid dienone is 1. The van der Waals surface area contributed by atoms with Gasteiger partial charge in [0, 0.05) is 13.1 Å². The third kappa shape index (κ3) is 3.82. The lowest BCUT2D eigenvalue weighted by Crippen LogP contribution is -2.30. The Bertz CT molecular complexity index is 1440. The quantitative estimate of drug-likeness (QED) is 0.332. The van der Waals surface area contributed by atoms with Crippen molar-refractivity contribution in [3.63, 3.8) is 0 Å². The Morgan fingerprint density at radius 1 is 1.24 bits per heavy atom. The molecule has 1 N–H and O–H groups in total. The van der Waals surface area contributed by atoms with Gasteiger partial charge in [-0.1, -0.05) is 36.0 Å². The fourth-order valence-corrected chi connectivity index (χ4v) is 4.58. The maximum atomic E-state index is 12.9. The number of ether oxygens (including phenoxy) is 2. The number of rotatable bonds is 7. The third-order valence-corrected chi connectivity index (χ3v) is 6.39. The summed E-state index contributed by atoms with van der Waals surface area (Å²) in [5.41, 5.74) is 1.45. The van der Waals surface area contributed by atoms with Crippen molar-refractivity contribution < 1.29 is 14.3 Å². The third-order valence-electron chi connectivity index (χ3n) is 5.35. The zero-order valence-corrected chi connectivity index (χ0v) is 18.7. The highest BCUT2D eigenvalue weighted by molar-refractivity contribution is 8.00. The molecule has 0 fully saturated rings. The highest BCUT2D eigenvalue weighted by Crippen LogP contribution is 2.32. The van der Waals surface area contributed by atoms with Gasteiger partial charge in [0.05, 0.1) is 16.2 Å². The van der Waals surface area contributed by atoms with Gasteiger partial charge in [-0.2, -0.15) is 0 Å². The fraction of sp³-hybridized carbons (Fsp3) is 0.217. The van der Waals surface area contributed by atoms with E-state index in [1.54, 1.807) is 12.1 Å². The van der Waals surface area contributed by atoms with Crippen LogP contribution in [0.25, 0.3) is 16.7 Å². The van der Waals surface area contributed by atoms with Crippen LogP contribution in [-0.2, 0) is 17.9 Å². The Morgan fingerprint density at radius 3 is 2.91 bits per heavy atom. The number of amides is 1. The van der Waals surface area contributed by atoms with E-state index in [-0.39, 0.29) is 18.3 Å². The van der Waals surface area contributed by atoms with E-state index in [1.165, 1.54) is 16.3 Å². The second kappa shape index (κ2) is 8.62. The van der Waals surface area contributed by atoms with Gasteiger partial charge in [-0.3, -0.25) is 18.6 Å². The van der Waals surface area contributed by atoms with Crippen molar-refractivity contribution in [3.8, 4) is 11.5 Å². The van der Waals surface area contributed by atoms with Gasteiger partial charge >= 0.3 is 0 Å². The Labute approximate surface area is 193 Å². The summed E-state index contributed by atoms with van der Waals surface area (Å²) in [4.78, 5) is 25.7. The Hall–Kier alpha value is -3.79. The number of hydrogen-bond donors (Lipinski definition) is 1. The zero-order chi connectivity index (χ0) is 22.9.